The summed E-state index contributed by atoms with van der Waals surface area (Å²) in [6.07, 6.45) is 2.52. The zero-order valence-electron chi connectivity index (χ0n) is 12.8. The third-order valence-electron chi connectivity index (χ3n) is 3.32. The van der Waals surface area contributed by atoms with Crippen LogP contribution in [0.1, 0.15) is 26.7 Å². The Morgan fingerprint density at radius 1 is 1.41 bits per heavy atom. The Hall–Kier alpha value is -1.45. The lowest BCUT2D eigenvalue weighted by molar-refractivity contribution is -0.159. The molecule has 3 N–H and O–H groups in total. The van der Waals surface area contributed by atoms with Gasteiger partial charge in [0.25, 0.3) is 0 Å². The van der Waals surface area contributed by atoms with E-state index in [4.69, 9.17) is 24.5 Å². The summed E-state index contributed by atoms with van der Waals surface area (Å²) in [5, 5.41) is 19.0. The smallest absolute Gasteiger partial charge is 0.414 e. The molecule has 22 heavy (non-hydrogen) atoms. The second-order valence-corrected chi connectivity index (χ2v) is 5.42. The molecule has 0 aromatic carbocycles. The fourth-order valence-electron chi connectivity index (χ4n) is 2.27. The minimum Gasteiger partial charge on any atom is -0.478 e. The predicted molar refractivity (Wildman–Crippen MR) is 82.7 cm³/mol. The molecule has 0 aromatic rings. The van der Waals surface area contributed by atoms with E-state index in [0.29, 0.717) is 6.04 Å². The molecule has 1 saturated heterocycles. The van der Waals surface area contributed by atoms with Crippen molar-refractivity contribution in [2.24, 2.45) is 0 Å². The molecule has 9 heteroatoms. The summed E-state index contributed by atoms with van der Waals surface area (Å²) < 4.78 is 5.62. The van der Waals surface area contributed by atoms with Gasteiger partial charge in [0.15, 0.2) is 0 Å². The average Bonchev–Trinajstić information content (AvgIpc) is 2.96. The Kier molecular flexibility index (Phi) is 8.07. The molecule has 126 valence electrons. The van der Waals surface area contributed by atoms with Gasteiger partial charge in [-0.1, -0.05) is 6.92 Å². The molecule has 0 amide bonds. The van der Waals surface area contributed by atoms with Gasteiger partial charge in [0, 0.05) is 12.0 Å². The van der Waals surface area contributed by atoms with Crippen molar-refractivity contribution in [2.75, 3.05) is 26.2 Å². The number of rotatable bonds is 4. The number of carboxylic acids is 2. The zero-order chi connectivity index (χ0) is 16.5. The summed E-state index contributed by atoms with van der Waals surface area (Å²) in [4.78, 5) is 24.0. The second-order valence-electron chi connectivity index (χ2n) is 4.77. The van der Waals surface area contributed by atoms with Gasteiger partial charge in [-0.25, -0.2) is 9.59 Å². The first-order valence-corrected chi connectivity index (χ1v) is 8.09. The number of hydrogen-bond acceptors (Lipinski definition) is 7. The van der Waals surface area contributed by atoms with Crippen LogP contribution in [0.15, 0.2) is 11.3 Å². The number of carbonyl (C=O) groups is 2. The average molecular weight is 333 g/mol. The van der Waals surface area contributed by atoms with Crippen LogP contribution < -0.4 is 4.83 Å². The van der Waals surface area contributed by atoms with Crippen LogP contribution in [0.25, 0.3) is 0 Å². The van der Waals surface area contributed by atoms with Gasteiger partial charge in [-0.05, 0) is 44.8 Å². The maximum atomic E-state index is 9.10. The van der Waals surface area contributed by atoms with Crippen molar-refractivity contribution in [2.45, 2.75) is 32.7 Å². The highest BCUT2D eigenvalue weighted by molar-refractivity contribution is 8.00. The van der Waals surface area contributed by atoms with Crippen molar-refractivity contribution in [1.82, 2.24) is 14.7 Å². The Labute approximate surface area is 134 Å². The first-order chi connectivity index (χ1) is 10.5. The van der Waals surface area contributed by atoms with Crippen LogP contribution in [0.3, 0.4) is 0 Å². The molecule has 2 aliphatic rings. The topological polar surface area (TPSA) is 102 Å². The Balaban J connectivity index is 0.000000346. The van der Waals surface area contributed by atoms with Crippen molar-refractivity contribution in [3.63, 3.8) is 0 Å². The van der Waals surface area contributed by atoms with Crippen molar-refractivity contribution in [1.29, 1.82) is 0 Å². The van der Waals surface area contributed by atoms with Crippen LogP contribution in [-0.4, -0.2) is 64.3 Å². The molecular formula is C13H23N3O5S. The van der Waals surface area contributed by atoms with Crippen LogP contribution in [0.5, 0.6) is 0 Å². The number of likely N-dealkylation sites (N-methyl/N-ethyl adjacent to an activating group) is 1. The quantitative estimate of drug-likeness (QED) is 0.512. The molecule has 0 aliphatic carbocycles. The van der Waals surface area contributed by atoms with Gasteiger partial charge in [-0.2, -0.15) is 4.83 Å². The van der Waals surface area contributed by atoms with Crippen molar-refractivity contribution in [3.8, 4) is 0 Å². The zero-order valence-corrected chi connectivity index (χ0v) is 13.6. The maximum Gasteiger partial charge on any atom is 0.414 e. The minimum atomic E-state index is -1.82. The molecule has 2 heterocycles. The molecule has 0 saturated carbocycles. The first kappa shape index (κ1) is 18.6. The number of nitrogens with zero attached hydrogens (tertiary/aromatic N) is 2. The van der Waals surface area contributed by atoms with Crippen LogP contribution >= 0.6 is 11.9 Å². The van der Waals surface area contributed by atoms with Gasteiger partial charge in [0.2, 0.25) is 5.88 Å². The molecule has 0 spiro atoms. The standard InChI is InChI=1S/C11H21N3OS.C2H2O4/c1-3-13-7-5-6-10(8-13)14-11(15-4-2)9-16-12-14;3-1(4)2(5)6/h9-10,12H,3-8H2,1-2H3;(H,3,4)(H,5,6). The number of piperidine rings is 1. The summed E-state index contributed by atoms with van der Waals surface area (Å²) in [5.41, 5.74) is 0. The number of carboxylic acid groups (broad SMARTS) is 2. The molecule has 2 rings (SSSR count). The Bertz CT molecular complexity index is 406. The van der Waals surface area contributed by atoms with Crippen molar-refractivity contribution < 1.29 is 24.5 Å². The molecule has 1 atom stereocenters. The van der Waals surface area contributed by atoms with Gasteiger partial charge < -0.3 is 19.8 Å². The highest BCUT2D eigenvalue weighted by Gasteiger charge is 2.29. The third kappa shape index (κ3) is 5.74. The largest absolute Gasteiger partial charge is 0.478 e. The molecule has 8 nitrogen and oxygen atoms in total. The van der Waals surface area contributed by atoms with E-state index in [9.17, 15) is 0 Å². The van der Waals surface area contributed by atoms with Gasteiger partial charge in [0.05, 0.1) is 12.6 Å². The molecule has 0 bridgehead atoms. The molecule has 1 fully saturated rings. The fourth-order valence-corrected chi connectivity index (χ4v) is 2.96. The molecule has 2 aliphatic heterocycles. The van der Waals surface area contributed by atoms with Gasteiger partial charge in [0.1, 0.15) is 0 Å². The van der Waals surface area contributed by atoms with Crippen LogP contribution in [0.4, 0.5) is 0 Å². The molecule has 1 unspecified atom stereocenters. The van der Waals surface area contributed by atoms with Crippen LogP contribution in [-0.2, 0) is 14.3 Å². The Morgan fingerprint density at radius 2 is 2.09 bits per heavy atom. The number of aliphatic carboxylic acids is 2. The van der Waals surface area contributed by atoms with Gasteiger partial charge >= 0.3 is 11.9 Å². The monoisotopic (exact) mass is 333 g/mol. The van der Waals surface area contributed by atoms with E-state index >= 15 is 0 Å². The maximum absolute atomic E-state index is 9.10. The lowest BCUT2D eigenvalue weighted by Gasteiger charge is -2.37. The molecular weight excluding hydrogens is 310 g/mol. The lowest BCUT2D eigenvalue weighted by atomic mass is 10.1. The van der Waals surface area contributed by atoms with Crippen LogP contribution in [0.2, 0.25) is 0 Å². The normalized spacial score (nSPS) is 21.6. The number of ether oxygens (including phenoxy) is 1. The van der Waals surface area contributed by atoms with E-state index < -0.39 is 11.9 Å². The van der Waals surface area contributed by atoms with Gasteiger partial charge in [-0.3, -0.25) is 5.01 Å². The van der Waals surface area contributed by atoms with Crippen molar-refractivity contribution in [3.05, 3.63) is 11.3 Å². The fraction of sp³-hybridized carbons (Fsp3) is 0.692. The van der Waals surface area contributed by atoms with Gasteiger partial charge in [-0.15, -0.1) is 0 Å². The number of nitrogens with one attached hydrogen (secondary N) is 1. The van der Waals surface area contributed by atoms with E-state index in [0.717, 1.165) is 25.6 Å². The third-order valence-corrected chi connectivity index (χ3v) is 3.94. The van der Waals surface area contributed by atoms with E-state index in [1.807, 2.05) is 12.3 Å². The number of hydrazine groups is 1. The van der Waals surface area contributed by atoms with Crippen LogP contribution in [0, 0.1) is 0 Å². The first-order valence-electron chi connectivity index (χ1n) is 7.21. The van der Waals surface area contributed by atoms with E-state index in [2.05, 4.69) is 21.7 Å². The summed E-state index contributed by atoms with van der Waals surface area (Å²) in [6.45, 7) is 8.51. The van der Waals surface area contributed by atoms with E-state index in [1.165, 1.54) is 19.4 Å². The summed E-state index contributed by atoms with van der Waals surface area (Å²) in [7, 11) is 0. The highest BCUT2D eigenvalue weighted by atomic mass is 32.2. The summed E-state index contributed by atoms with van der Waals surface area (Å²) in [6, 6.07) is 0.543. The number of likely N-dealkylation sites (tertiary alicyclic amines) is 1. The minimum absolute atomic E-state index is 0.543. The van der Waals surface area contributed by atoms with E-state index in [-0.39, 0.29) is 0 Å². The lowest BCUT2D eigenvalue weighted by Crippen LogP contribution is -2.49. The molecule has 0 radical (unpaired) electrons. The second kappa shape index (κ2) is 9.54. The van der Waals surface area contributed by atoms with E-state index in [1.54, 1.807) is 11.9 Å². The molecule has 0 aromatic heterocycles. The Morgan fingerprint density at radius 3 is 2.64 bits per heavy atom. The number of hydrogen-bond donors (Lipinski definition) is 3. The summed E-state index contributed by atoms with van der Waals surface area (Å²) >= 11 is 1.60. The predicted octanol–water partition coefficient (Wildman–Crippen LogP) is 0.930. The summed E-state index contributed by atoms with van der Waals surface area (Å²) in [5.74, 6) is -2.67. The van der Waals surface area contributed by atoms with Crippen molar-refractivity contribution >= 4 is 23.9 Å². The highest BCUT2D eigenvalue weighted by Crippen LogP contribution is 2.25. The SMILES string of the molecule is CCOC1=CSNN1C1CCCN(CC)C1.O=C(O)C(=O)O.